The lowest BCUT2D eigenvalue weighted by Crippen LogP contribution is -2.37. The van der Waals surface area contributed by atoms with E-state index in [-0.39, 0.29) is 5.56 Å². The molecule has 94 valence electrons. The summed E-state index contributed by atoms with van der Waals surface area (Å²) in [6, 6.07) is 0. The van der Waals surface area contributed by atoms with Gasteiger partial charge in [0.25, 0.3) is 5.56 Å². The average Bonchev–Trinajstić information content (AvgIpc) is 2.25. The highest BCUT2D eigenvalue weighted by Gasteiger charge is 2.25. The van der Waals surface area contributed by atoms with Gasteiger partial charge in [0, 0.05) is 13.6 Å². The number of carbonyl (C=O) groups is 1. The van der Waals surface area contributed by atoms with E-state index < -0.39 is 11.3 Å². The number of aryl methyl sites for hydroxylation is 1. The molecule has 7 heteroatoms. The highest BCUT2D eigenvalue weighted by atomic mass is 79.9. The maximum absolute atomic E-state index is 11.6. The summed E-state index contributed by atoms with van der Waals surface area (Å²) in [6.45, 7) is 3.78. The summed E-state index contributed by atoms with van der Waals surface area (Å²) in [5.74, 6) is -0.405. The lowest BCUT2D eigenvalue weighted by Gasteiger charge is -2.21. The van der Waals surface area contributed by atoms with Gasteiger partial charge in [0.15, 0.2) is 0 Å². The normalized spacial score (nSPS) is 11.3. The number of hydrogen-bond acceptors (Lipinski definition) is 4. The molecule has 0 fully saturated rings. The second-order valence-corrected chi connectivity index (χ2v) is 5.20. The number of halogens is 1. The monoisotopic (exact) mass is 302 g/mol. The van der Waals surface area contributed by atoms with E-state index in [4.69, 9.17) is 5.73 Å². The van der Waals surface area contributed by atoms with Crippen LogP contribution in [-0.4, -0.2) is 22.2 Å². The van der Waals surface area contributed by atoms with Crippen LogP contribution in [0.4, 0.5) is 5.69 Å². The zero-order valence-electron chi connectivity index (χ0n) is 9.95. The smallest absolute Gasteiger partial charge is 0.282 e. The van der Waals surface area contributed by atoms with Gasteiger partial charge in [-0.15, -0.1) is 0 Å². The van der Waals surface area contributed by atoms with E-state index in [0.29, 0.717) is 16.7 Å². The van der Waals surface area contributed by atoms with Gasteiger partial charge in [0.05, 0.1) is 17.3 Å². The number of rotatable bonds is 4. The predicted molar refractivity (Wildman–Crippen MR) is 68.6 cm³/mol. The van der Waals surface area contributed by atoms with Crippen LogP contribution >= 0.6 is 15.9 Å². The topological polar surface area (TPSA) is 90.0 Å². The van der Waals surface area contributed by atoms with E-state index in [2.05, 4.69) is 26.3 Å². The number of nitrogens with zero attached hydrogens (tertiary/aromatic N) is 2. The number of amides is 1. The van der Waals surface area contributed by atoms with E-state index in [1.54, 1.807) is 20.9 Å². The molecule has 0 bridgehead atoms. The molecule has 0 saturated carbocycles. The molecular formula is C10H15BrN4O2. The molecule has 0 aliphatic heterocycles. The Balaban J connectivity index is 2.88. The Morgan fingerprint density at radius 3 is 2.76 bits per heavy atom. The highest BCUT2D eigenvalue weighted by Crippen LogP contribution is 2.20. The molecule has 0 aromatic carbocycles. The zero-order valence-corrected chi connectivity index (χ0v) is 11.5. The first-order chi connectivity index (χ1) is 7.75. The third-order valence-electron chi connectivity index (χ3n) is 2.47. The predicted octanol–water partition coefficient (Wildman–Crippen LogP) is 0.466. The molecule has 0 unspecified atom stereocenters. The van der Waals surface area contributed by atoms with Gasteiger partial charge in [-0.25, -0.2) is 4.68 Å². The molecule has 6 nitrogen and oxygen atoms in total. The summed E-state index contributed by atoms with van der Waals surface area (Å²) in [5, 5.41) is 6.86. The molecule has 1 heterocycles. The van der Waals surface area contributed by atoms with Crippen molar-refractivity contribution in [2.75, 3.05) is 11.9 Å². The summed E-state index contributed by atoms with van der Waals surface area (Å²) >= 11 is 3.18. The van der Waals surface area contributed by atoms with Crippen molar-refractivity contribution in [3.63, 3.8) is 0 Å². The van der Waals surface area contributed by atoms with Crippen LogP contribution in [0.15, 0.2) is 15.5 Å². The van der Waals surface area contributed by atoms with Gasteiger partial charge >= 0.3 is 0 Å². The first kappa shape index (κ1) is 13.7. The quantitative estimate of drug-likeness (QED) is 0.846. The van der Waals surface area contributed by atoms with Gasteiger partial charge in [0.1, 0.15) is 4.47 Å². The molecule has 1 rings (SSSR count). The van der Waals surface area contributed by atoms with Crippen LogP contribution < -0.4 is 16.6 Å². The Hall–Kier alpha value is -1.37. The van der Waals surface area contributed by atoms with Gasteiger partial charge in [-0.3, -0.25) is 9.59 Å². The summed E-state index contributed by atoms with van der Waals surface area (Å²) in [5.41, 5.74) is 4.86. The molecule has 1 amide bonds. The Morgan fingerprint density at radius 1 is 1.65 bits per heavy atom. The van der Waals surface area contributed by atoms with Crippen molar-refractivity contribution in [2.24, 2.45) is 18.2 Å². The van der Waals surface area contributed by atoms with Crippen LogP contribution in [0.5, 0.6) is 0 Å². The van der Waals surface area contributed by atoms with Crippen molar-refractivity contribution in [1.82, 2.24) is 9.78 Å². The van der Waals surface area contributed by atoms with E-state index in [9.17, 15) is 9.59 Å². The Bertz CT molecular complexity index is 496. The number of anilines is 1. The average molecular weight is 303 g/mol. The minimum Gasteiger partial charge on any atom is -0.382 e. The van der Waals surface area contributed by atoms with Crippen LogP contribution in [0.1, 0.15) is 13.8 Å². The first-order valence-electron chi connectivity index (χ1n) is 5.01. The fraction of sp³-hybridized carbons (Fsp3) is 0.500. The molecule has 0 radical (unpaired) electrons. The number of hydrogen-bond donors (Lipinski definition) is 2. The van der Waals surface area contributed by atoms with Crippen molar-refractivity contribution < 1.29 is 4.79 Å². The van der Waals surface area contributed by atoms with Crippen LogP contribution in [0.2, 0.25) is 0 Å². The first-order valence-corrected chi connectivity index (χ1v) is 5.80. The molecule has 17 heavy (non-hydrogen) atoms. The lowest BCUT2D eigenvalue weighted by molar-refractivity contribution is -0.125. The summed E-state index contributed by atoms with van der Waals surface area (Å²) in [7, 11) is 1.56. The van der Waals surface area contributed by atoms with E-state index in [0.717, 1.165) is 0 Å². The number of nitrogens with two attached hydrogens (primary N) is 1. The molecule has 3 N–H and O–H groups in total. The van der Waals surface area contributed by atoms with Crippen molar-refractivity contribution in [2.45, 2.75) is 13.8 Å². The van der Waals surface area contributed by atoms with Gasteiger partial charge in [0.2, 0.25) is 5.91 Å². The fourth-order valence-electron chi connectivity index (χ4n) is 1.04. The van der Waals surface area contributed by atoms with Crippen LogP contribution in [-0.2, 0) is 11.8 Å². The third kappa shape index (κ3) is 3.06. The Labute approximate surface area is 107 Å². The van der Waals surface area contributed by atoms with Gasteiger partial charge in [-0.2, -0.15) is 5.10 Å². The van der Waals surface area contributed by atoms with Crippen molar-refractivity contribution >= 4 is 27.5 Å². The number of aromatic nitrogens is 2. The third-order valence-corrected chi connectivity index (χ3v) is 3.23. The fourth-order valence-corrected chi connectivity index (χ4v) is 1.54. The van der Waals surface area contributed by atoms with E-state index >= 15 is 0 Å². The van der Waals surface area contributed by atoms with E-state index in [1.807, 2.05) is 0 Å². The van der Waals surface area contributed by atoms with Gasteiger partial charge in [-0.05, 0) is 29.8 Å². The number of nitrogens with one attached hydrogen (secondary N) is 1. The molecule has 1 aromatic rings. The highest BCUT2D eigenvalue weighted by molar-refractivity contribution is 9.10. The SMILES string of the molecule is Cn1ncc(NCC(C)(C)C(N)=O)c(Br)c1=O. The Morgan fingerprint density at radius 2 is 2.24 bits per heavy atom. The number of carbonyl (C=O) groups excluding carboxylic acids is 1. The Kier molecular flexibility index (Phi) is 3.92. The minimum absolute atomic E-state index is 0.244. The molecule has 0 aliphatic carbocycles. The van der Waals surface area contributed by atoms with Crippen LogP contribution in [0.3, 0.4) is 0 Å². The standard InChI is InChI=1S/C10H15BrN4O2/c1-10(2,9(12)17)5-13-6-4-14-15(3)8(16)7(6)11/h4,13H,5H2,1-3H3,(H2,12,17). The maximum Gasteiger partial charge on any atom is 0.282 e. The summed E-state index contributed by atoms with van der Waals surface area (Å²) in [4.78, 5) is 22.7. The molecule has 0 spiro atoms. The van der Waals surface area contributed by atoms with Crippen molar-refractivity contribution in [3.8, 4) is 0 Å². The second kappa shape index (κ2) is 4.87. The molecule has 0 atom stereocenters. The summed E-state index contributed by atoms with van der Waals surface area (Å²) < 4.78 is 1.60. The molecule has 0 saturated heterocycles. The molecule has 1 aromatic heterocycles. The number of primary amides is 1. The van der Waals surface area contributed by atoms with E-state index in [1.165, 1.54) is 10.9 Å². The lowest BCUT2D eigenvalue weighted by atomic mass is 9.93. The van der Waals surface area contributed by atoms with Crippen molar-refractivity contribution in [3.05, 3.63) is 21.0 Å². The van der Waals surface area contributed by atoms with Crippen LogP contribution in [0.25, 0.3) is 0 Å². The zero-order chi connectivity index (χ0) is 13.2. The maximum atomic E-state index is 11.6. The molecule has 0 aliphatic rings. The second-order valence-electron chi connectivity index (χ2n) is 4.40. The van der Waals surface area contributed by atoms with Crippen LogP contribution in [0, 0.1) is 5.41 Å². The van der Waals surface area contributed by atoms with Gasteiger partial charge < -0.3 is 11.1 Å². The van der Waals surface area contributed by atoms with Gasteiger partial charge in [-0.1, -0.05) is 0 Å². The van der Waals surface area contributed by atoms with Crippen molar-refractivity contribution in [1.29, 1.82) is 0 Å². The molecular weight excluding hydrogens is 288 g/mol. The minimum atomic E-state index is -0.694. The largest absolute Gasteiger partial charge is 0.382 e. The summed E-state index contributed by atoms with van der Waals surface area (Å²) in [6.07, 6.45) is 1.52.